The number of thiazole rings is 1. The molecule has 0 aliphatic carbocycles. The number of rotatable bonds is 6. The van der Waals surface area contributed by atoms with Crippen molar-refractivity contribution in [1.82, 2.24) is 9.97 Å². The summed E-state index contributed by atoms with van der Waals surface area (Å²) in [4.78, 5) is 9.18. The van der Waals surface area contributed by atoms with Crippen LogP contribution in [0.15, 0.2) is 27.8 Å². The molecule has 2 rings (SSSR count). The van der Waals surface area contributed by atoms with Gasteiger partial charge in [0.1, 0.15) is 10.7 Å². The molecule has 0 spiro atoms. The molecule has 2 aromatic heterocycles. The van der Waals surface area contributed by atoms with Gasteiger partial charge in [-0.3, -0.25) is 4.72 Å². The van der Waals surface area contributed by atoms with Gasteiger partial charge in [-0.2, -0.15) is 0 Å². The second-order valence-corrected chi connectivity index (χ2v) is 8.11. The Morgan fingerprint density at radius 3 is 2.71 bits per heavy atom. The van der Waals surface area contributed by atoms with Gasteiger partial charge in [-0.15, -0.1) is 11.3 Å². The highest BCUT2D eigenvalue weighted by molar-refractivity contribution is 9.10. The highest BCUT2D eigenvalue weighted by Gasteiger charge is 2.21. The van der Waals surface area contributed by atoms with Crippen molar-refractivity contribution in [3.8, 4) is 0 Å². The molecule has 9 heteroatoms. The zero-order valence-electron chi connectivity index (χ0n) is 11.6. The summed E-state index contributed by atoms with van der Waals surface area (Å²) in [6.45, 7) is 4.51. The van der Waals surface area contributed by atoms with Crippen molar-refractivity contribution in [1.29, 1.82) is 0 Å². The molecule has 0 atom stereocenters. The first kappa shape index (κ1) is 16.2. The topological polar surface area (TPSA) is 84.0 Å². The van der Waals surface area contributed by atoms with Crippen molar-refractivity contribution < 1.29 is 8.42 Å². The number of hydrogen-bond acceptors (Lipinski definition) is 6. The molecule has 0 saturated heterocycles. The molecule has 6 nitrogen and oxygen atoms in total. The van der Waals surface area contributed by atoms with E-state index in [-0.39, 0.29) is 4.90 Å². The first-order valence-electron chi connectivity index (χ1n) is 6.27. The van der Waals surface area contributed by atoms with Crippen molar-refractivity contribution in [3.05, 3.63) is 27.8 Å². The zero-order chi connectivity index (χ0) is 15.5. The third kappa shape index (κ3) is 4.14. The van der Waals surface area contributed by atoms with Crippen LogP contribution >= 0.6 is 27.3 Å². The quantitative estimate of drug-likeness (QED) is 0.790. The summed E-state index contributed by atoms with van der Waals surface area (Å²) in [6.07, 6.45) is 4.05. The molecule has 0 fully saturated rings. The summed E-state index contributed by atoms with van der Waals surface area (Å²) in [7, 11) is -3.74. The van der Waals surface area contributed by atoms with Crippen LogP contribution in [0.25, 0.3) is 0 Å². The number of anilines is 2. The lowest BCUT2D eigenvalue weighted by molar-refractivity contribution is 0.601. The average molecular weight is 391 g/mol. The fourth-order valence-corrected chi connectivity index (χ4v) is 4.12. The number of sulfonamides is 1. The van der Waals surface area contributed by atoms with E-state index >= 15 is 0 Å². The maximum atomic E-state index is 12.5. The minimum atomic E-state index is -3.74. The van der Waals surface area contributed by atoms with Crippen LogP contribution in [0, 0.1) is 6.92 Å². The summed E-state index contributed by atoms with van der Waals surface area (Å²) in [5.41, 5.74) is 0. The maximum Gasteiger partial charge on any atom is 0.267 e. The molecule has 0 aliphatic heterocycles. The molecule has 0 aliphatic rings. The van der Waals surface area contributed by atoms with Crippen molar-refractivity contribution in [2.24, 2.45) is 0 Å². The van der Waals surface area contributed by atoms with Crippen molar-refractivity contribution in [2.75, 3.05) is 16.6 Å². The highest BCUT2D eigenvalue weighted by Crippen LogP contribution is 2.26. The Bertz CT molecular complexity index is 731. The van der Waals surface area contributed by atoms with Gasteiger partial charge in [0, 0.05) is 28.3 Å². The van der Waals surface area contributed by atoms with E-state index in [1.807, 2.05) is 13.8 Å². The summed E-state index contributed by atoms with van der Waals surface area (Å²) in [5, 5.41) is 3.36. The van der Waals surface area contributed by atoms with Crippen LogP contribution in [0.5, 0.6) is 0 Å². The minimum Gasteiger partial charge on any atom is -0.369 e. The Morgan fingerprint density at radius 1 is 1.33 bits per heavy atom. The van der Waals surface area contributed by atoms with E-state index in [2.05, 4.69) is 35.9 Å². The predicted molar refractivity (Wildman–Crippen MR) is 88.4 cm³/mol. The molecule has 2 heterocycles. The van der Waals surface area contributed by atoms with Crippen LogP contribution in [-0.4, -0.2) is 24.9 Å². The van der Waals surface area contributed by atoms with Gasteiger partial charge < -0.3 is 5.32 Å². The van der Waals surface area contributed by atoms with Gasteiger partial charge in [-0.05, 0) is 35.3 Å². The molecular formula is C12H15BrN4O2S2. The molecule has 0 amide bonds. The number of pyridine rings is 1. The van der Waals surface area contributed by atoms with Gasteiger partial charge in [0.2, 0.25) is 0 Å². The SMILES string of the molecule is CCCNc1ncc(Br)cc1S(=O)(=O)Nc1ncc(C)s1. The minimum absolute atomic E-state index is 0.0955. The van der Waals surface area contributed by atoms with E-state index in [0.29, 0.717) is 22.0 Å². The average Bonchev–Trinajstić information content (AvgIpc) is 2.82. The van der Waals surface area contributed by atoms with Crippen LogP contribution in [-0.2, 0) is 10.0 Å². The van der Waals surface area contributed by atoms with Gasteiger partial charge in [0.05, 0.1) is 0 Å². The third-order valence-corrected chi connectivity index (χ3v) is 5.24. The molecule has 0 unspecified atom stereocenters. The monoisotopic (exact) mass is 390 g/mol. The fraction of sp³-hybridized carbons (Fsp3) is 0.333. The summed E-state index contributed by atoms with van der Waals surface area (Å²) >= 11 is 4.53. The van der Waals surface area contributed by atoms with Gasteiger partial charge >= 0.3 is 0 Å². The largest absolute Gasteiger partial charge is 0.369 e. The number of hydrogen-bond donors (Lipinski definition) is 2. The van der Waals surface area contributed by atoms with E-state index < -0.39 is 10.0 Å². The fourth-order valence-electron chi connectivity index (χ4n) is 1.57. The Morgan fingerprint density at radius 2 is 2.10 bits per heavy atom. The van der Waals surface area contributed by atoms with E-state index in [0.717, 1.165) is 11.3 Å². The Kier molecular flexibility index (Phi) is 5.17. The molecule has 21 heavy (non-hydrogen) atoms. The maximum absolute atomic E-state index is 12.5. The lowest BCUT2D eigenvalue weighted by atomic mass is 10.4. The second kappa shape index (κ2) is 6.71. The molecule has 0 radical (unpaired) electrons. The Labute approximate surface area is 136 Å². The summed E-state index contributed by atoms with van der Waals surface area (Å²) in [5.74, 6) is 0.334. The number of aryl methyl sites for hydroxylation is 1. The lowest BCUT2D eigenvalue weighted by Crippen LogP contribution is -2.16. The lowest BCUT2D eigenvalue weighted by Gasteiger charge is -2.11. The van der Waals surface area contributed by atoms with E-state index in [9.17, 15) is 8.42 Å². The molecule has 0 saturated carbocycles. The molecule has 2 N–H and O–H groups in total. The summed E-state index contributed by atoms with van der Waals surface area (Å²) < 4.78 is 28.1. The van der Waals surface area contributed by atoms with E-state index in [1.165, 1.54) is 17.4 Å². The zero-order valence-corrected chi connectivity index (χ0v) is 14.8. The molecule has 114 valence electrons. The normalized spacial score (nSPS) is 11.4. The van der Waals surface area contributed by atoms with Crippen molar-refractivity contribution >= 4 is 48.2 Å². The van der Waals surface area contributed by atoms with Crippen LogP contribution in [0.4, 0.5) is 10.9 Å². The smallest absolute Gasteiger partial charge is 0.267 e. The van der Waals surface area contributed by atoms with Crippen LogP contribution in [0.3, 0.4) is 0 Å². The first-order valence-corrected chi connectivity index (χ1v) is 9.36. The van der Waals surface area contributed by atoms with Crippen molar-refractivity contribution in [2.45, 2.75) is 25.2 Å². The third-order valence-electron chi connectivity index (χ3n) is 2.49. The number of aromatic nitrogens is 2. The van der Waals surface area contributed by atoms with Crippen LogP contribution in [0.1, 0.15) is 18.2 Å². The Hall–Kier alpha value is -1.19. The Balaban J connectivity index is 2.35. The van der Waals surface area contributed by atoms with Gasteiger partial charge in [-0.1, -0.05) is 6.92 Å². The molecular weight excluding hydrogens is 376 g/mol. The molecule has 0 bridgehead atoms. The van der Waals surface area contributed by atoms with Gasteiger partial charge in [0.15, 0.2) is 5.13 Å². The van der Waals surface area contributed by atoms with E-state index in [4.69, 9.17) is 0 Å². The van der Waals surface area contributed by atoms with E-state index in [1.54, 1.807) is 12.4 Å². The number of nitrogens with zero attached hydrogens (tertiary/aromatic N) is 2. The van der Waals surface area contributed by atoms with Crippen molar-refractivity contribution in [3.63, 3.8) is 0 Å². The summed E-state index contributed by atoms with van der Waals surface area (Å²) in [6, 6.07) is 1.52. The number of nitrogens with one attached hydrogen (secondary N) is 2. The molecule has 2 aromatic rings. The highest BCUT2D eigenvalue weighted by atomic mass is 79.9. The predicted octanol–water partition coefficient (Wildman–Crippen LogP) is 3.23. The van der Waals surface area contributed by atoms with Gasteiger partial charge in [0.25, 0.3) is 10.0 Å². The number of halogens is 1. The van der Waals surface area contributed by atoms with Crippen LogP contribution in [0.2, 0.25) is 0 Å². The van der Waals surface area contributed by atoms with Gasteiger partial charge in [-0.25, -0.2) is 18.4 Å². The first-order chi connectivity index (χ1) is 9.92. The molecule has 0 aromatic carbocycles. The standard InChI is InChI=1S/C12H15BrN4O2S2/c1-3-4-14-11-10(5-9(13)7-15-11)21(18,19)17-12-16-6-8(2)20-12/h5-7H,3-4H2,1-2H3,(H,14,15)(H,16,17). The second-order valence-electron chi connectivity index (χ2n) is 4.31. The van der Waals surface area contributed by atoms with Crippen LogP contribution < -0.4 is 10.0 Å².